The van der Waals surface area contributed by atoms with E-state index in [1.54, 1.807) is 31.2 Å². The molecule has 0 saturated heterocycles. The summed E-state index contributed by atoms with van der Waals surface area (Å²) in [5.74, 6) is 0.263. The van der Waals surface area contributed by atoms with Crippen LogP contribution in [0.3, 0.4) is 0 Å². The van der Waals surface area contributed by atoms with Gasteiger partial charge in [-0.1, -0.05) is 37.3 Å². The summed E-state index contributed by atoms with van der Waals surface area (Å²) in [4.78, 5) is 23.6. The lowest BCUT2D eigenvalue weighted by Crippen LogP contribution is -2.48. The topological polar surface area (TPSA) is 76.7 Å². The molecule has 0 fully saturated rings. The first kappa shape index (κ1) is 18.3. The van der Waals surface area contributed by atoms with Crippen LogP contribution < -0.4 is 20.3 Å². The first-order chi connectivity index (χ1) is 12.1. The van der Waals surface area contributed by atoms with Crippen LogP contribution in [0.4, 0.5) is 0 Å². The summed E-state index contributed by atoms with van der Waals surface area (Å²) < 4.78 is 10.8. The van der Waals surface area contributed by atoms with E-state index in [-0.39, 0.29) is 6.61 Å². The Balaban J connectivity index is 1.70. The number of aryl methyl sites for hydroxylation is 1. The van der Waals surface area contributed by atoms with Crippen LogP contribution in [-0.2, 0) is 16.0 Å². The fraction of sp³-hybridized carbons (Fsp3) is 0.263. The molecule has 0 aliphatic carbocycles. The molecule has 1 atom stereocenters. The van der Waals surface area contributed by atoms with Gasteiger partial charge in [-0.25, -0.2) is 0 Å². The monoisotopic (exact) mass is 342 g/mol. The highest BCUT2D eigenvalue weighted by Gasteiger charge is 2.15. The average molecular weight is 342 g/mol. The van der Waals surface area contributed by atoms with Gasteiger partial charge in [-0.05, 0) is 43.2 Å². The molecule has 6 heteroatoms. The van der Waals surface area contributed by atoms with Gasteiger partial charge >= 0.3 is 0 Å². The molecule has 25 heavy (non-hydrogen) atoms. The summed E-state index contributed by atoms with van der Waals surface area (Å²) in [5.41, 5.74) is 5.80. The van der Waals surface area contributed by atoms with Crippen LogP contribution in [0.15, 0.2) is 54.6 Å². The number of para-hydroxylation sites is 1. The molecule has 6 nitrogen and oxygen atoms in total. The van der Waals surface area contributed by atoms with E-state index in [9.17, 15) is 9.59 Å². The molecular weight excluding hydrogens is 320 g/mol. The van der Waals surface area contributed by atoms with E-state index in [4.69, 9.17) is 9.47 Å². The maximum absolute atomic E-state index is 11.9. The van der Waals surface area contributed by atoms with Gasteiger partial charge in [-0.15, -0.1) is 0 Å². The third kappa shape index (κ3) is 6.18. The van der Waals surface area contributed by atoms with Gasteiger partial charge in [0.05, 0.1) is 0 Å². The van der Waals surface area contributed by atoms with Crippen molar-refractivity contribution in [2.75, 3.05) is 6.61 Å². The van der Waals surface area contributed by atoms with Crippen molar-refractivity contribution < 1.29 is 19.1 Å². The van der Waals surface area contributed by atoms with E-state index in [1.807, 2.05) is 30.3 Å². The largest absolute Gasteiger partial charge is 0.484 e. The number of hydrogen-bond donors (Lipinski definition) is 2. The highest BCUT2D eigenvalue weighted by atomic mass is 16.5. The summed E-state index contributed by atoms with van der Waals surface area (Å²) >= 11 is 0. The van der Waals surface area contributed by atoms with E-state index in [0.717, 1.165) is 6.42 Å². The number of ether oxygens (including phenoxy) is 2. The number of nitrogens with one attached hydrogen (secondary N) is 2. The lowest BCUT2D eigenvalue weighted by Gasteiger charge is -2.15. The normalized spacial score (nSPS) is 11.3. The fourth-order valence-corrected chi connectivity index (χ4v) is 2.00. The highest BCUT2D eigenvalue weighted by Crippen LogP contribution is 2.12. The maximum Gasteiger partial charge on any atom is 0.279 e. The Labute approximate surface area is 147 Å². The zero-order chi connectivity index (χ0) is 18.1. The molecule has 0 aliphatic rings. The Bertz CT molecular complexity index is 686. The minimum Gasteiger partial charge on any atom is -0.484 e. The van der Waals surface area contributed by atoms with Crippen molar-refractivity contribution in [1.29, 1.82) is 0 Å². The Morgan fingerprint density at radius 3 is 2.28 bits per heavy atom. The second-order valence-corrected chi connectivity index (χ2v) is 5.40. The lowest BCUT2D eigenvalue weighted by atomic mass is 10.2. The summed E-state index contributed by atoms with van der Waals surface area (Å²) in [6.45, 7) is 3.47. The van der Waals surface area contributed by atoms with Crippen LogP contribution in [-0.4, -0.2) is 24.5 Å². The first-order valence-corrected chi connectivity index (χ1v) is 8.10. The Hall–Kier alpha value is -3.02. The molecule has 0 heterocycles. The molecule has 2 N–H and O–H groups in total. The van der Waals surface area contributed by atoms with Gasteiger partial charge in [0.15, 0.2) is 12.7 Å². The molecule has 2 aromatic carbocycles. The molecule has 0 radical (unpaired) electrons. The van der Waals surface area contributed by atoms with Gasteiger partial charge in [0.2, 0.25) is 0 Å². The molecule has 0 saturated carbocycles. The predicted octanol–water partition coefficient (Wildman–Crippen LogP) is 2.24. The third-order valence-electron chi connectivity index (χ3n) is 3.45. The minimum absolute atomic E-state index is 0.195. The number of carbonyl (C=O) groups is 2. The number of hydrogen-bond acceptors (Lipinski definition) is 4. The smallest absolute Gasteiger partial charge is 0.279 e. The van der Waals surface area contributed by atoms with Gasteiger partial charge in [0.1, 0.15) is 11.5 Å². The van der Waals surface area contributed by atoms with Crippen molar-refractivity contribution >= 4 is 11.8 Å². The molecule has 132 valence electrons. The number of benzene rings is 2. The van der Waals surface area contributed by atoms with Gasteiger partial charge in [0.25, 0.3) is 11.8 Å². The Morgan fingerprint density at radius 2 is 1.64 bits per heavy atom. The minimum atomic E-state index is -0.745. The predicted molar refractivity (Wildman–Crippen MR) is 94.1 cm³/mol. The summed E-state index contributed by atoms with van der Waals surface area (Å²) in [5, 5.41) is 0. The fourth-order valence-electron chi connectivity index (χ4n) is 2.00. The molecular formula is C19H22N2O4. The second-order valence-electron chi connectivity index (χ2n) is 5.40. The molecule has 0 spiro atoms. The molecule has 2 rings (SSSR count). The van der Waals surface area contributed by atoms with Gasteiger partial charge < -0.3 is 9.47 Å². The van der Waals surface area contributed by atoms with Crippen molar-refractivity contribution in [3.05, 3.63) is 60.2 Å². The highest BCUT2D eigenvalue weighted by molar-refractivity contribution is 5.85. The standard InChI is InChI=1S/C19H22N2O4/c1-3-15-9-11-16(12-10-15)24-13-18(22)20-21-19(23)14(2)25-17-7-5-4-6-8-17/h4-12,14H,3,13H2,1-2H3,(H,20,22)(H,21,23). The number of hydrazine groups is 1. The molecule has 2 amide bonds. The van der Waals surface area contributed by atoms with Crippen LogP contribution in [0, 0.1) is 0 Å². The number of amides is 2. The second kappa shape index (κ2) is 9.32. The zero-order valence-corrected chi connectivity index (χ0v) is 14.3. The van der Waals surface area contributed by atoms with Crippen LogP contribution in [0.1, 0.15) is 19.4 Å². The molecule has 0 aromatic heterocycles. The van der Waals surface area contributed by atoms with Crippen LogP contribution in [0.25, 0.3) is 0 Å². The van der Waals surface area contributed by atoms with Gasteiger partial charge in [0, 0.05) is 0 Å². The summed E-state index contributed by atoms with van der Waals surface area (Å²) in [6, 6.07) is 16.5. The van der Waals surface area contributed by atoms with Gasteiger partial charge in [-0.3, -0.25) is 20.4 Å². The van der Waals surface area contributed by atoms with Crippen molar-refractivity contribution in [2.24, 2.45) is 0 Å². The summed E-state index contributed by atoms with van der Waals surface area (Å²) in [7, 11) is 0. The van der Waals surface area contributed by atoms with Crippen LogP contribution >= 0.6 is 0 Å². The average Bonchev–Trinajstić information content (AvgIpc) is 2.65. The zero-order valence-electron chi connectivity index (χ0n) is 14.3. The van der Waals surface area contributed by atoms with Crippen molar-refractivity contribution in [1.82, 2.24) is 10.9 Å². The van der Waals surface area contributed by atoms with Crippen molar-refractivity contribution in [3.8, 4) is 11.5 Å². The van der Waals surface area contributed by atoms with Crippen molar-refractivity contribution in [2.45, 2.75) is 26.4 Å². The van der Waals surface area contributed by atoms with E-state index < -0.39 is 17.9 Å². The molecule has 0 bridgehead atoms. The Kier molecular flexibility index (Phi) is 6.83. The van der Waals surface area contributed by atoms with Crippen LogP contribution in [0.5, 0.6) is 11.5 Å². The third-order valence-corrected chi connectivity index (χ3v) is 3.45. The summed E-state index contributed by atoms with van der Waals surface area (Å²) in [6.07, 6.45) is 0.195. The Morgan fingerprint density at radius 1 is 0.960 bits per heavy atom. The SMILES string of the molecule is CCc1ccc(OCC(=O)NNC(=O)C(C)Oc2ccccc2)cc1. The van der Waals surface area contributed by atoms with E-state index in [1.165, 1.54) is 5.56 Å². The van der Waals surface area contributed by atoms with E-state index >= 15 is 0 Å². The number of rotatable bonds is 7. The molecule has 2 aromatic rings. The maximum atomic E-state index is 11.9. The molecule has 1 unspecified atom stereocenters. The first-order valence-electron chi connectivity index (χ1n) is 8.10. The van der Waals surface area contributed by atoms with E-state index in [0.29, 0.717) is 11.5 Å². The van der Waals surface area contributed by atoms with E-state index in [2.05, 4.69) is 17.8 Å². The molecule has 0 aliphatic heterocycles. The number of carbonyl (C=O) groups excluding carboxylic acids is 2. The quantitative estimate of drug-likeness (QED) is 0.757. The van der Waals surface area contributed by atoms with Crippen molar-refractivity contribution in [3.63, 3.8) is 0 Å². The lowest BCUT2D eigenvalue weighted by molar-refractivity contribution is -0.133. The van der Waals surface area contributed by atoms with Crippen LogP contribution in [0.2, 0.25) is 0 Å². The van der Waals surface area contributed by atoms with Gasteiger partial charge in [-0.2, -0.15) is 0 Å².